The van der Waals surface area contributed by atoms with E-state index in [2.05, 4.69) is 68.6 Å². The Labute approximate surface area is 526 Å². The molecule has 18 atom stereocenters. The number of aliphatic hydroxyl groups excluding tert-OH is 3. The van der Waals surface area contributed by atoms with Gasteiger partial charge in [-0.2, -0.15) is 0 Å². The van der Waals surface area contributed by atoms with Gasteiger partial charge in [0, 0.05) is 32.0 Å². The van der Waals surface area contributed by atoms with Crippen LogP contribution in [0.5, 0.6) is 0 Å². The molecule has 0 unspecified atom stereocenters. The Morgan fingerprint density at radius 2 is 1.37 bits per heavy atom. The summed E-state index contributed by atoms with van der Waals surface area (Å²) in [4.78, 5) is 32.9. The van der Waals surface area contributed by atoms with E-state index < -0.39 is 108 Å². The summed E-state index contributed by atoms with van der Waals surface area (Å²) in [7, 11) is 5.26. The van der Waals surface area contributed by atoms with Gasteiger partial charge >= 0.3 is 219 Å². The van der Waals surface area contributed by atoms with E-state index in [0.717, 1.165) is 79.9 Å². The standard InChI is InChI=1S/C68H112ClN4O13P/c1-16-56-68(12,80)61(76)50(8)72(57(74)37-31-23-21-19-17-18-20-22-24-32-38-87(69,52-33-27-25-28-34-52,53-35-29-26-30-36-53)54-42-70-73(44-54)45(2)3)43-46(4)40-66(10,79)63(86-65-59(75)55(71(13)14)39-47(5)82-65)48(6)60(49(7)64(78)84-56)85-58-41-67(11,81-15)62(77)51(9)83-58/h25-30,33-36,42,44-51,55-56,58-63,65,75-77,79-80H,16-24,31-32,37-41,43H2,1-15H3/t46-,47-,48+,49-,50-,51+,55+,56-,58+,59-,60+,61-,62+,63-,65+,66-,67-,68-/m1/s1. The first-order valence-corrected chi connectivity index (χ1v) is 36.0. The van der Waals surface area contributed by atoms with E-state index in [1.165, 1.54) is 14.0 Å². The summed E-state index contributed by atoms with van der Waals surface area (Å²) in [5, 5.41) is 68.8. The van der Waals surface area contributed by atoms with Crippen molar-refractivity contribution in [3.8, 4) is 0 Å². The molecule has 0 radical (unpaired) electrons. The number of hydrogen-bond acceptors (Lipinski definition) is 15. The molecule has 3 aliphatic rings. The molecule has 1 amide bonds. The summed E-state index contributed by atoms with van der Waals surface area (Å²) >= 11 is 8.37. The number of ether oxygens (including phenoxy) is 6. The number of benzene rings is 2. The molecule has 87 heavy (non-hydrogen) atoms. The summed E-state index contributed by atoms with van der Waals surface area (Å²) in [5.74, 6) is -6.69. The van der Waals surface area contributed by atoms with Crippen LogP contribution in [-0.4, -0.2) is 181 Å². The minimum absolute atomic E-state index is 0.0656. The fraction of sp³-hybridized carbons (Fsp3) is 0.750. The predicted molar refractivity (Wildman–Crippen MR) is 346 cm³/mol. The predicted octanol–water partition coefficient (Wildman–Crippen LogP) is 9.55. The van der Waals surface area contributed by atoms with Crippen LogP contribution in [-0.2, 0) is 38.0 Å². The number of methoxy groups -OCH3 is 1. The molecule has 3 aliphatic heterocycles. The van der Waals surface area contributed by atoms with Gasteiger partial charge in [0.05, 0.1) is 47.6 Å². The van der Waals surface area contributed by atoms with Crippen LogP contribution in [0.25, 0.3) is 0 Å². The van der Waals surface area contributed by atoms with Gasteiger partial charge in [0.15, 0.2) is 12.6 Å². The molecule has 2 aromatic carbocycles. The Kier molecular flexibility index (Phi) is 26.4. The summed E-state index contributed by atoms with van der Waals surface area (Å²) in [6, 6.07) is 20.2. The number of carbonyl (C=O) groups excluding carboxylic acids is 2. The molecule has 19 heteroatoms. The van der Waals surface area contributed by atoms with Crippen LogP contribution in [0.15, 0.2) is 73.1 Å². The number of nitrogens with zero attached hydrogens (tertiary/aromatic N) is 4. The summed E-state index contributed by atoms with van der Waals surface area (Å²) in [6.45, 7) is 21.7. The number of aromatic nitrogens is 2. The monoisotopic (exact) mass is 1260 g/mol. The van der Waals surface area contributed by atoms with E-state index in [-0.39, 0.29) is 56.3 Å². The largest absolute Gasteiger partial charge is 0.388 e. The molecular weight excluding hydrogens is 1150 g/mol. The number of unbranched alkanes of at least 4 members (excludes halogenated alkanes) is 9. The van der Waals surface area contributed by atoms with Gasteiger partial charge in [-0.1, -0.05) is 20.8 Å². The van der Waals surface area contributed by atoms with Gasteiger partial charge in [0.1, 0.15) is 30.0 Å². The van der Waals surface area contributed by atoms with Gasteiger partial charge in [-0.15, -0.1) is 0 Å². The minimum atomic E-state index is -3.39. The van der Waals surface area contributed by atoms with Crippen molar-refractivity contribution in [1.29, 1.82) is 0 Å². The number of rotatable bonds is 24. The third kappa shape index (κ3) is 17.1. The summed E-state index contributed by atoms with van der Waals surface area (Å²) < 4.78 is 40.3. The van der Waals surface area contributed by atoms with E-state index in [0.29, 0.717) is 12.8 Å². The molecule has 0 aliphatic carbocycles. The van der Waals surface area contributed by atoms with Gasteiger partial charge in [0.25, 0.3) is 0 Å². The molecule has 4 heterocycles. The molecule has 6 rings (SSSR count). The van der Waals surface area contributed by atoms with Crippen molar-refractivity contribution in [2.45, 2.75) is 276 Å². The first-order valence-electron chi connectivity index (χ1n) is 32.7. The van der Waals surface area contributed by atoms with Crippen molar-refractivity contribution in [3.63, 3.8) is 0 Å². The first-order chi connectivity index (χ1) is 40.9. The zero-order valence-corrected chi connectivity index (χ0v) is 57.0. The number of hydrogen-bond donors (Lipinski definition) is 5. The molecule has 494 valence electrons. The number of halogens is 1. The summed E-state index contributed by atoms with van der Waals surface area (Å²) in [6.07, 6.45) is 5.66. The number of carbonyl (C=O) groups is 2. The van der Waals surface area contributed by atoms with E-state index >= 15 is 0 Å². The van der Waals surface area contributed by atoms with Gasteiger partial charge in [-0.05, 0) is 87.7 Å². The summed E-state index contributed by atoms with van der Waals surface area (Å²) in [5.41, 5.74) is -4.82. The van der Waals surface area contributed by atoms with E-state index in [1.54, 1.807) is 53.4 Å². The molecule has 3 fully saturated rings. The Morgan fingerprint density at radius 3 is 1.90 bits per heavy atom. The molecule has 0 bridgehead atoms. The maximum absolute atomic E-state index is 14.7. The van der Waals surface area contributed by atoms with E-state index in [1.807, 2.05) is 55.9 Å². The minimum Gasteiger partial charge on any atom is -0.388 e. The third-order valence-corrected chi connectivity index (χ3v) is 27.2. The number of likely N-dealkylation sites (N-methyl/N-ethyl adjacent to an activating group) is 1. The van der Waals surface area contributed by atoms with Crippen LogP contribution in [0, 0.1) is 17.8 Å². The number of esters is 1. The molecule has 3 saturated heterocycles. The van der Waals surface area contributed by atoms with Crippen LogP contribution in [0.2, 0.25) is 0 Å². The van der Waals surface area contributed by atoms with Gasteiger partial charge < -0.3 is 63.8 Å². The van der Waals surface area contributed by atoms with Crippen molar-refractivity contribution in [2.75, 3.05) is 33.9 Å². The second-order valence-corrected chi connectivity index (χ2v) is 34.0. The van der Waals surface area contributed by atoms with Gasteiger partial charge in [-0.25, -0.2) is 0 Å². The Balaban J connectivity index is 1.13. The van der Waals surface area contributed by atoms with E-state index in [9.17, 15) is 35.1 Å². The molecule has 1 aromatic heterocycles. The zero-order chi connectivity index (χ0) is 64.3. The maximum atomic E-state index is 14.7. The van der Waals surface area contributed by atoms with Crippen molar-refractivity contribution < 1.29 is 63.5 Å². The Bertz CT molecular complexity index is 2540. The second kappa shape index (κ2) is 31.5. The van der Waals surface area contributed by atoms with Gasteiger partial charge in [-0.3, -0.25) is 9.59 Å². The third-order valence-electron chi connectivity index (χ3n) is 19.7. The average Bonchev–Trinajstić information content (AvgIpc) is 1.72. The van der Waals surface area contributed by atoms with E-state index in [4.69, 9.17) is 44.8 Å². The SMILES string of the molecule is CC[C@H]1OC(=O)[C@H](C)[C@@H](O[C@H]2C[C@@](C)(OC)[C@@H](O)[C@H](C)O2)[C@H](C)[C@@H](O[C@@H]2O[C@H](C)C[C@H](N(C)C)[C@H]2O)[C@](C)(O)C[C@@H](C)CN(C(=O)CCCCCCCCCCCCP(Cl)(c2ccccc2)(c2ccccc2)c2cnn(C(C)C)c2)[C@H](C)[C@@H](O)[C@]1(C)O. The van der Waals surface area contributed by atoms with Crippen LogP contribution >= 0.6 is 17.2 Å². The van der Waals surface area contributed by atoms with Gasteiger partial charge in [0.2, 0.25) is 5.91 Å². The Hall–Kier alpha value is -3.13. The number of amides is 1. The normalized spacial score (nSPS) is 34.9. The topological polar surface area (TPSA) is 215 Å². The van der Waals surface area contributed by atoms with Crippen LogP contribution < -0.4 is 15.9 Å². The molecule has 5 N–H and O–H groups in total. The Morgan fingerprint density at radius 1 is 0.805 bits per heavy atom. The molecule has 3 aromatic rings. The average molecular weight is 1260 g/mol. The second-order valence-electron chi connectivity index (χ2n) is 27.4. The molecular formula is C68H112ClN4O13P. The molecule has 0 spiro atoms. The fourth-order valence-corrected chi connectivity index (χ4v) is 20.3. The van der Waals surface area contributed by atoms with Crippen molar-refractivity contribution >= 4 is 45.0 Å². The smallest absolute Gasteiger partial charge is 0.126 e. The fourth-order valence-electron chi connectivity index (χ4n) is 14.2. The first kappa shape index (κ1) is 72.9. The zero-order valence-electron chi connectivity index (χ0n) is 55.3. The quantitative estimate of drug-likeness (QED) is 0.0321. The van der Waals surface area contributed by atoms with Crippen LogP contribution in [0.3, 0.4) is 0 Å². The molecule has 0 saturated carbocycles. The van der Waals surface area contributed by atoms with Crippen LogP contribution in [0.1, 0.15) is 185 Å². The number of cyclic esters (lactones) is 1. The number of aliphatic hydroxyl groups is 5. The molecule has 17 nitrogen and oxygen atoms in total. The van der Waals surface area contributed by atoms with Crippen molar-refractivity contribution in [2.24, 2.45) is 17.8 Å². The van der Waals surface area contributed by atoms with Crippen LogP contribution in [0.4, 0.5) is 0 Å². The maximum Gasteiger partial charge on any atom is 0.126 e. The van der Waals surface area contributed by atoms with Crippen molar-refractivity contribution in [1.82, 2.24) is 19.6 Å². The van der Waals surface area contributed by atoms with Crippen molar-refractivity contribution in [3.05, 3.63) is 73.1 Å².